The number of rotatable bonds is 4. The van der Waals surface area contributed by atoms with Gasteiger partial charge in [0.1, 0.15) is 11.4 Å². The zero-order chi connectivity index (χ0) is 14.9. The third kappa shape index (κ3) is 2.69. The molecule has 1 aliphatic rings. The first-order valence-corrected chi connectivity index (χ1v) is 6.73. The molecule has 0 aromatic heterocycles. The van der Waals surface area contributed by atoms with Crippen molar-refractivity contribution in [2.75, 3.05) is 13.7 Å². The molecule has 108 valence electrons. The number of carbonyl (C=O) groups is 2. The highest BCUT2D eigenvalue weighted by Crippen LogP contribution is 2.24. The van der Waals surface area contributed by atoms with E-state index in [1.165, 1.54) is 25.3 Å². The molecule has 1 aromatic rings. The molecule has 1 saturated heterocycles. The quantitative estimate of drug-likeness (QED) is 0.850. The van der Waals surface area contributed by atoms with E-state index in [4.69, 9.17) is 4.74 Å². The van der Waals surface area contributed by atoms with Gasteiger partial charge in [0.25, 0.3) is 5.91 Å². The molecule has 1 fully saturated rings. The second-order valence-corrected chi connectivity index (χ2v) is 5.68. The Bertz CT molecular complexity index is 567. The fraction of sp³-hybridized carbons (Fsp3) is 0.385. The van der Waals surface area contributed by atoms with Gasteiger partial charge < -0.3 is 10.1 Å². The number of halogens is 2. The van der Waals surface area contributed by atoms with E-state index in [9.17, 15) is 14.0 Å². The maximum atomic E-state index is 13.2. The standard InChI is InChI=1S/C13H14BrFN2O3/c1-13(7-20-2)11(18)17(12(19)16-13)6-8-5-9(15)3-4-10(8)14/h3-5H,6-7H2,1-2H3,(H,16,19)/t13-/m1/s1. The maximum Gasteiger partial charge on any atom is 0.325 e. The van der Waals surface area contributed by atoms with E-state index < -0.39 is 17.4 Å². The summed E-state index contributed by atoms with van der Waals surface area (Å²) in [6.45, 7) is 1.68. The van der Waals surface area contributed by atoms with Crippen LogP contribution in [0.25, 0.3) is 0 Å². The molecule has 3 amide bonds. The van der Waals surface area contributed by atoms with Gasteiger partial charge in [-0.05, 0) is 30.7 Å². The van der Waals surface area contributed by atoms with Gasteiger partial charge in [-0.3, -0.25) is 9.69 Å². The largest absolute Gasteiger partial charge is 0.382 e. The first-order valence-electron chi connectivity index (χ1n) is 5.94. The van der Waals surface area contributed by atoms with Crippen molar-refractivity contribution in [3.05, 3.63) is 34.1 Å². The van der Waals surface area contributed by atoms with E-state index in [2.05, 4.69) is 21.2 Å². The van der Waals surface area contributed by atoms with Crippen LogP contribution in [-0.4, -0.2) is 36.1 Å². The van der Waals surface area contributed by atoms with Crippen molar-refractivity contribution >= 4 is 27.9 Å². The molecule has 1 aromatic carbocycles. The summed E-state index contributed by atoms with van der Waals surface area (Å²) >= 11 is 3.28. The van der Waals surface area contributed by atoms with Crippen molar-refractivity contribution in [3.63, 3.8) is 0 Å². The Morgan fingerprint density at radius 1 is 1.45 bits per heavy atom. The number of urea groups is 1. The minimum absolute atomic E-state index is 0.00230. The Hall–Kier alpha value is -1.47. The Labute approximate surface area is 124 Å². The first kappa shape index (κ1) is 14.9. The van der Waals surface area contributed by atoms with E-state index in [1.807, 2.05) is 0 Å². The number of ether oxygens (including phenoxy) is 1. The summed E-state index contributed by atoms with van der Waals surface area (Å²) in [4.78, 5) is 25.2. The Kier molecular flexibility index (Phi) is 4.10. The molecule has 0 aliphatic carbocycles. The van der Waals surface area contributed by atoms with Crippen LogP contribution in [0.3, 0.4) is 0 Å². The second kappa shape index (κ2) is 5.49. The Morgan fingerprint density at radius 3 is 2.80 bits per heavy atom. The normalized spacial score (nSPS) is 22.3. The van der Waals surface area contributed by atoms with Gasteiger partial charge in [0.15, 0.2) is 0 Å². The number of hydrogen-bond acceptors (Lipinski definition) is 3. The summed E-state index contributed by atoms with van der Waals surface area (Å²) < 4.78 is 18.8. The van der Waals surface area contributed by atoms with Gasteiger partial charge in [-0.25, -0.2) is 9.18 Å². The second-order valence-electron chi connectivity index (χ2n) is 4.82. The predicted molar refractivity (Wildman–Crippen MR) is 73.5 cm³/mol. The highest BCUT2D eigenvalue weighted by Gasteiger charge is 2.47. The van der Waals surface area contributed by atoms with E-state index in [1.54, 1.807) is 6.92 Å². The molecule has 1 N–H and O–H groups in total. The number of hydrogen-bond donors (Lipinski definition) is 1. The topological polar surface area (TPSA) is 58.6 Å². The van der Waals surface area contributed by atoms with Crippen LogP contribution in [0.1, 0.15) is 12.5 Å². The molecular weight excluding hydrogens is 331 g/mol. The number of imide groups is 1. The lowest BCUT2D eigenvalue weighted by atomic mass is 10.0. The average molecular weight is 345 g/mol. The summed E-state index contributed by atoms with van der Waals surface area (Å²) in [5.74, 6) is -0.810. The third-order valence-electron chi connectivity index (χ3n) is 3.11. The van der Waals surface area contributed by atoms with E-state index in [0.29, 0.717) is 10.0 Å². The molecule has 1 aliphatic heterocycles. The number of nitrogens with zero attached hydrogens (tertiary/aromatic N) is 1. The molecule has 7 heteroatoms. The van der Waals surface area contributed by atoms with Crippen molar-refractivity contribution in [2.45, 2.75) is 19.0 Å². The van der Waals surface area contributed by atoms with E-state index in [0.717, 1.165) is 4.90 Å². The van der Waals surface area contributed by atoms with Crippen LogP contribution < -0.4 is 5.32 Å². The molecule has 0 saturated carbocycles. The lowest BCUT2D eigenvalue weighted by molar-refractivity contribution is -0.132. The number of amides is 3. The van der Waals surface area contributed by atoms with Crippen LogP contribution in [0.5, 0.6) is 0 Å². The highest BCUT2D eigenvalue weighted by atomic mass is 79.9. The average Bonchev–Trinajstić information content (AvgIpc) is 2.58. The molecule has 0 bridgehead atoms. The number of benzene rings is 1. The fourth-order valence-electron chi connectivity index (χ4n) is 2.11. The monoisotopic (exact) mass is 344 g/mol. The molecule has 0 unspecified atom stereocenters. The molecule has 0 radical (unpaired) electrons. The molecule has 20 heavy (non-hydrogen) atoms. The van der Waals surface area contributed by atoms with Gasteiger partial charge in [-0.2, -0.15) is 0 Å². The summed E-state index contributed by atoms with van der Waals surface area (Å²) in [7, 11) is 1.45. The maximum absolute atomic E-state index is 13.2. The lowest BCUT2D eigenvalue weighted by Gasteiger charge is -2.20. The van der Waals surface area contributed by atoms with Crippen molar-refractivity contribution in [1.82, 2.24) is 10.2 Å². The molecule has 5 nitrogen and oxygen atoms in total. The summed E-state index contributed by atoms with van der Waals surface area (Å²) in [5, 5.41) is 2.59. The summed E-state index contributed by atoms with van der Waals surface area (Å²) in [6, 6.07) is 3.62. The number of carbonyl (C=O) groups excluding carboxylic acids is 2. The molecule has 0 spiro atoms. The third-order valence-corrected chi connectivity index (χ3v) is 3.89. The SMILES string of the molecule is COC[C@@]1(C)NC(=O)N(Cc2cc(F)ccc2Br)C1=O. The minimum Gasteiger partial charge on any atom is -0.382 e. The van der Waals surface area contributed by atoms with Crippen LogP contribution in [-0.2, 0) is 16.1 Å². The first-order chi connectivity index (χ1) is 9.37. The molecule has 1 heterocycles. The molecule has 2 rings (SSSR count). The Balaban J connectivity index is 2.23. The van der Waals surface area contributed by atoms with Gasteiger partial charge in [0, 0.05) is 11.6 Å². The highest BCUT2D eigenvalue weighted by molar-refractivity contribution is 9.10. The number of nitrogens with one attached hydrogen (secondary N) is 1. The van der Waals surface area contributed by atoms with Crippen LogP contribution in [0.15, 0.2) is 22.7 Å². The zero-order valence-electron chi connectivity index (χ0n) is 11.1. The molecule has 1 atom stereocenters. The van der Waals surface area contributed by atoms with Crippen molar-refractivity contribution in [3.8, 4) is 0 Å². The van der Waals surface area contributed by atoms with Gasteiger partial charge in [0.05, 0.1) is 13.2 Å². The van der Waals surface area contributed by atoms with Gasteiger partial charge in [0.2, 0.25) is 0 Å². The van der Waals surface area contributed by atoms with Crippen LogP contribution in [0.2, 0.25) is 0 Å². The zero-order valence-corrected chi connectivity index (χ0v) is 12.7. The van der Waals surface area contributed by atoms with Gasteiger partial charge in [-0.15, -0.1) is 0 Å². The fourth-order valence-corrected chi connectivity index (χ4v) is 2.48. The van der Waals surface area contributed by atoms with Gasteiger partial charge >= 0.3 is 6.03 Å². The Morgan fingerprint density at radius 2 is 2.15 bits per heavy atom. The van der Waals surface area contributed by atoms with E-state index in [-0.39, 0.29) is 19.1 Å². The van der Waals surface area contributed by atoms with Crippen molar-refractivity contribution < 1.29 is 18.7 Å². The number of methoxy groups -OCH3 is 1. The molecular formula is C13H14BrFN2O3. The van der Waals surface area contributed by atoms with Gasteiger partial charge in [-0.1, -0.05) is 15.9 Å². The lowest BCUT2D eigenvalue weighted by Crippen LogP contribution is -2.47. The smallest absolute Gasteiger partial charge is 0.325 e. The minimum atomic E-state index is -1.08. The van der Waals surface area contributed by atoms with Crippen LogP contribution >= 0.6 is 15.9 Å². The van der Waals surface area contributed by atoms with Crippen molar-refractivity contribution in [1.29, 1.82) is 0 Å². The summed E-state index contributed by atoms with van der Waals surface area (Å²) in [5.41, 5.74) is -0.554. The van der Waals surface area contributed by atoms with Crippen LogP contribution in [0, 0.1) is 5.82 Å². The predicted octanol–water partition coefficient (Wildman–Crippen LogP) is 2.05. The van der Waals surface area contributed by atoms with Crippen molar-refractivity contribution in [2.24, 2.45) is 0 Å². The van der Waals surface area contributed by atoms with Crippen LogP contribution in [0.4, 0.5) is 9.18 Å². The summed E-state index contributed by atoms with van der Waals surface area (Å²) in [6.07, 6.45) is 0. The van der Waals surface area contributed by atoms with E-state index >= 15 is 0 Å².